The SMILES string of the molecule is CCc1ccccc1CNCCCn1ccnn1. The molecule has 0 bridgehead atoms. The topological polar surface area (TPSA) is 42.7 Å². The van der Waals surface area contributed by atoms with Crippen molar-refractivity contribution < 1.29 is 0 Å². The molecule has 0 fully saturated rings. The molecule has 2 rings (SSSR count). The Balaban J connectivity index is 1.69. The third kappa shape index (κ3) is 3.67. The molecule has 0 spiro atoms. The Hall–Kier alpha value is -1.68. The van der Waals surface area contributed by atoms with E-state index in [1.54, 1.807) is 6.20 Å². The molecule has 0 saturated carbocycles. The molecule has 0 aliphatic carbocycles. The molecule has 0 unspecified atom stereocenters. The van der Waals surface area contributed by atoms with Crippen LogP contribution in [0.15, 0.2) is 36.7 Å². The lowest BCUT2D eigenvalue weighted by atomic mass is 10.1. The Kier molecular flexibility index (Phi) is 4.90. The van der Waals surface area contributed by atoms with Crippen LogP contribution in [0.4, 0.5) is 0 Å². The maximum absolute atomic E-state index is 3.94. The zero-order valence-electron chi connectivity index (χ0n) is 10.8. The summed E-state index contributed by atoms with van der Waals surface area (Å²) < 4.78 is 1.86. The number of nitrogens with one attached hydrogen (secondary N) is 1. The quantitative estimate of drug-likeness (QED) is 0.758. The molecular formula is C14H20N4. The average molecular weight is 244 g/mol. The van der Waals surface area contributed by atoms with Crippen molar-refractivity contribution in [1.29, 1.82) is 0 Å². The zero-order valence-corrected chi connectivity index (χ0v) is 10.8. The maximum atomic E-state index is 3.94. The van der Waals surface area contributed by atoms with Crippen LogP contribution >= 0.6 is 0 Å². The normalized spacial score (nSPS) is 10.7. The number of benzene rings is 1. The van der Waals surface area contributed by atoms with Crippen LogP contribution in [-0.4, -0.2) is 21.5 Å². The molecule has 0 atom stereocenters. The van der Waals surface area contributed by atoms with Gasteiger partial charge in [-0.25, -0.2) is 0 Å². The van der Waals surface area contributed by atoms with E-state index >= 15 is 0 Å². The molecule has 0 aliphatic rings. The van der Waals surface area contributed by atoms with Crippen LogP contribution in [0.3, 0.4) is 0 Å². The van der Waals surface area contributed by atoms with Crippen LogP contribution in [0.2, 0.25) is 0 Å². The fourth-order valence-corrected chi connectivity index (χ4v) is 2.02. The lowest BCUT2D eigenvalue weighted by Crippen LogP contribution is -2.17. The van der Waals surface area contributed by atoms with Gasteiger partial charge in [0.05, 0.1) is 6.20 Å². The first kappa shape index (κ1) is 12.8. The highest BCUT2D eigenvalue weighted by molar-refractivity contribution is 5.26. The van der Waals surface area contributed by atoms with E-state index in [1.165, 1.54) is 11.1 Å². The molecule has 96 valence electrons. The highest BCUT2D eigenvalue weighted by Crippen LogP contribution is 2.08. The Labute approximate surface area is 108 Å². The summed E-state index contributed by atoms with van der Waals surface area (Å²) in [6.07, 6.45) is 5.77. The Morgan fingerprint density at radius 2 is 2.06 bits per heavy atom. The Morgan fingerprint density at radius 3 is 2.78 bits per heavy atom. The molecule has 2 aromatic rings. The van der Waals surface area contributed by atoms with Crippen molar-refractivity contribution in [3.05, 3.63) is 47.8 Å². The first-order chi connectivity index (χ1) is 8.90. The van der Waals surface area contributed by atoms with Crippen LogP contribution in [0.1, 0.15) is 24.5 Å². The summed E-state index contributed by atoms with van der Waals surface area (Å²) in [5.41, 5.74) is 2.84. The maximum Gasteiger partial charge on any atom is 0.0692 e. The van der Waals surface area contributed by atoms with Crippen molar-refractivity contribution in [2.45, 2.75) is 32.9 Å². The van der Waals surface area contributed by atoms with Gasteiger partial charge in [0.2, 0.25) is 0 Å². The number of aryl methyl sites for hydroxylation is 2. The predicted octanol–water partition coefficient (Wildman–Crippen LogP) is 2.02. The highest BCUT2D eigenvalue weighted by Gasteiger charge is 1.98. The minimum atomic E-state index is 0.919. The van der Waals surface area contributed by atoms with Gasteiger partial charge in [-0.15, -0.1) is 5.10 Å². The van der Waals surface area contributed by atoms with E-state index in [1.807, 2.05) is 10.9 Å². The number of hydrogen-bond acceptors (Lipinski definition) is 3. The first-order valence-electron chi connectivity index (χ1n) is 6.51. The van der Waals surface area contributed by atoms with Crippen molar-refractivity contribution >= 4 is 0 Å². The summed E-state index contributed by atoms with van der Waals surface area (Å²) in [6, 6.07) is 8.61. The van der Waals surface area contributed by atoms with Crippen molar-refractivity contribution in [1.82, 2.24) is 20.3 Å². The third-order valence-electron chi connectivity index (χ3n) is 3.03. The third-order valence-corrected chi connectivity index (χ3v) is 3.03. The van der Waals surface area contributed by atoms with Crippen LogP contribution < -0.4 is 5.32 Å². The lowest BCUT2D eigenvalue weighted by molar-refractivity contribution is 0.529. The highest BCUT2D eigenvalue weighted by atomic mass is 15.4. The van der Waals surface area contributed by atoms with Gasteiger partial charge in [0, 0.05) is 19.3 Å². The first-order valence-corrected chi connectivity index (χ1v) is 6.51. The average Bonchev–Trinajstić information content (AvgIpc) is 2.92. The minimum absolute atomic E-state index is 0.919. The van der Waals surface area contributed by atoms with Gasteiger partial charge in [-0.2, -0.15) is 0 Å². The second-order valence-corrected chi connectivity index (χ2v) is 4.32. The molecule has 0 aliphatic heterocycles. The fourth-order valence-electron chi connectivity index (χ4n) is 2.02. The van der Waals surface area contributed by atoms with Crippen molar-refractivity contribution in [3.63, 3.8) is 0 Å². The van der Waals surface area contributed by atoms with E-state index in [9.17, 15) is 0 Å². The summed E-state index contributed by atoms with van der Waals surface area (Å²) in [5.74, 6) is 0. The van der Waals surface area contributed by atoms with Crippen LogP contribution in [-0.2, 0) is 19.5 Å². The standard InChI is InChI=1S/C14H20N4/c1-2-13-6-3-4-7-14(13)12-15-8-5-10-18-11-9-16-17-18/h3-4,6-7,9,11,15H,2,5,8,10,12H2,1H3. The van der Waals surface area contributed by atoms with Gasteiger partial charge in [-0.05, 0) is 30.5 Å². The largest absolute Gasteiger partial charge is 0.313 e. The monoisotopic (exact) mass is 244 g/mol. The molecular weight excluding hydrogens is 224 g/mol. The van der Waals surface area contributed by atoms with Gasteiger partial charge in [0.15, 0.2) is 0 Å². The summed E-state index contributed by atoms with van der Waals surface area (Å²) in [5, 5.41) is 11.2. The van der Waals surface area contributed by atoms with Gasteiger partial charge < -0.3 is 5.32 Å². The van der Waals surface area contributed by atoms with E-state index in [-0.39, 0.29) is 0 Å². The van der Waals surface area contributed by atoms with Gasteiger partial charge in [-0.3, -0.25) is 4.68 Å². The molecule has 18 heavy (non-hydrogen) atoms. The van der Waals surface area contributed by atoms with E-state index in [4.69, 9.17) is 0 Å². The molecule has 4 nitrogen and oxygen atoms in total. The fraction of sp³-hybridized carbons (Fsp3) is 0.429. The Bertz CT molecular complexity index is 451. The molecule has 1 aromatic carbocycles. The van der Waals surface area contributed by atoms with Crippen molar-refractivity contribution in [2.24, 2.45) is 0 Å². The second-order valence-electron chi connectivity index (χ2n) is 4.32. The van der Waals surface area contributed by atoms with Crippen LogP contribution in [0, 0.1) is 0 Å². The van der Waals surface area contributed by atoms with Crippen molar-refractivity contribution in [3.8, 4) is 0 Å². The van der Waals surface area contributed by atoms with Crippen LogP contribution in [0.25, 0.3) is 0 Å². The Morgan fingerprint density at radius 1 is 1.22 bits per heavy atom. The lowest BCUT2D eigenvalue weighted by Gasteiger charge is -2.09. The molecule has 1 aromatic heterocycles. The predicted molar refractivity (Wildman–Crippen MR) is 72.2 cm³/mol. The van der Waals surface area contributed by atoms with E-state index in [2.05, 4.69) is 46.8 Å². The summed E-state index contributed by atoms with van der Waals surface area (Å²) in [7, 11) is 0. The second kappa shape index (κ2) is 6.91. The molecule has 0 amide bonds. The minimum Gasteiger partial charge on any atom is -0.313 e. The van der Waals surface area contributed by atoms with E-state index in [0.29, 0.717) is 0 Å². The molecule has 0 radical (unpaired) electrons. The van der Waals surface area contributed by atoms with Gasteiger partial charge in [0.1, 0.15) is 0 Å². The smallest absolute Gasteiger partial charge is 0.0692 e. The number of hydrogen-bond donors (Lipinski definition) is 1. The summed E-state index contributed by atoms with van der Waals surface area (Å²) in [6.45, 7) is 5.06. The number of aromatic nitrogens is 3. The molecule has 4 heteroatoms. The summed E-state index contributed by atoms with van der Waals surface area (Å²) >= 11 is 0. The van der Waals surface area contributed by atoms with Crippen LogP contribution in [0.5, 0.6) is 0 Å². The molecule has 1 heterocycles. The van der Waals surface area contributed by atoms with Crippen molar-refractivity contribution in [2.75, 3.05) is 6.54 Å². The van der Waals surface area contributed by atoms with Gasteiger partial charge in [0.25, 0.3) is 0 Å². The van der Waals surface area contributed by atoms with Gasteiger partial charge in [-0.1, -0.05) is 36.4 Å². The zero-order chi connectivity index (χ0) is 12.6. The van der Waals surface area contributed by atoms with Gasteiger partial charge >= 0.3 is 0 Å². The number of rotatable bonds is 7. The summed E-state index contributed by atoms with van der Waals surface area (Å²) in [4.78, 5) is 0. The molecule has 0 saturated heterocycles. The number of nitrogens with zero attached hydrogens (tertiary/aromatic N) is 3. The van der Waals surface area contributed by atoms with E-state index in [0.717, 1.165) is 32.5 Å². The molecule has 1 N–H and O–H groups in total. The van der Waals surface area contributed by atoms with E-state index < -0.39 is 0 Å².